The van der Waals surface area contributed by atoms with Gasteiger partial charge < -0.3 is 15.4 Å². The first kappa shape index (κ1) is 24.7. The van der Waals surface area contributed by atoms with Crippen LogP contribution in [0.25, 0.3) is 0 Å². The van der Waals surface area contributed by atoms with Gasteiger partial charge in [0.15, 0.2) is 5.96 Å². The van der Waals surface area contributed by atoms with E-state index in [1.807, 2.05) is 6.92 Å². The first-order valence-corrected chi connectivity index (χ1v) is 11.3. The molecule has 32 heavy (non-hydrogen) atoms. The second kappa shape index (κ2) is 11.3. The van der Waals surface area contributed by atoms with E-state index < -0.39 is 0 Å². The highest BCUT2D eigenvalue weighted by Gasteiger charge is 2.58. The average molecular weight is 552 g/mol. The second-order valence-corrected chi connectivity index (χ2v) is 8.49. The zero-order valence-corrected chi connectivity index (χ0v) is 21.1. The third kappa shape index (κ3) is 5.17. The Kier molecular flexibility index (Phi) is 8.70. The Morgan fingerprint density at radius 3 is 2.28 bits per heavy atom. The standard InChI is InChI=1S/C24H32N4O3.HI/c1-3-31-15-17-7-5-16(6-8-17)14-27-24(25-2)26-11-4-12-28-22(29)20-18-9-10-19(13-18)21(20)23(28)30;/h5-10,18-21H,3-4,11-15H2,1-2H3,(H2,25,26,27);1H. The number of hydrogen-bond donors (Lipinski definition) is 2. The van der Waals surface area contributed by atoms with Crippen LogP contribution in [-0.4, -0.2) is 49.4 Å². The van der Waals surface area contributed by atoms with Crippen LogP contribution in [0.2, 0.25) is 0 Å². The topological polar surface area (TPSA) is 83.0 Å². The molecule has 4 unspecified atom stereocenters. The van der Waals surface area contributed by atoms with Gasteiger partial charge in [0.05, 0.1) is 18.4 Å². The highest BCUT2D eigenvalue weighted by Crippen LogP contribution is 2.52. The summed E-state index contributed by atoms with van der Waals surface area (Å²) in [6, 6.07) is 8.31. The van der Waals surface area contributed by atoms with E-state index in [0.717, 1.165) is 17.5 Å². The summed E-state index contributed by atoms with van der Waals surface area (Å²) in [6.45, 7) is 5.11. The van der Waals surface area contributed by atoms with Crippen molar-refractivity contribution < 1.29 is 14.3 Å². The molecule has 1 aromatic rings. The number of amides is 2. The minimum atomic E-state index is -0.107. The first-order chi connectivity index (χ1) is 15.1. The molecule has 2 N–H and O–H groups in total. The number of carbonyl (C=O) groups excluding carboxylic acids is 2. The molecule has 2 bridgehead atoms. The number of likely N-dealkylation sites (tertiary alicyclic amines) is 1. The molecule has 2 aliphatic carbocycles. The number of aliphatic imine (C=N–C) groups is 1. The van der Waals surface area contributed by atoms with Gasteiger partial charge in [-0.1, -0.05) is 36.4 Å². The molecule has 1 aliphatic heterocycles. The van der Waals surface area contributed by atoms with Gasteiger partial charge in [-0.15, -0.1) is 24.0 Å². The molecule has 1 saturated carbocycles. The van der Waals surface area contributed by atoms with Gasteiger partial charge in [-0.3, -0.25) is 19.5 Å². The Morgan fingerprint density at radius 1 is 1.06 bits per heavy atom. The Balaban J connectivity index is 0.00000289. The molecule has 1 saturated heterocycles. The number of nitrogens with one attached hydrogen (secondary N) is 2. The molecular formula is C24H33IN4O3. The summed E-state index contributed by atoms with van der Waals surface area (Å²) < 4.78 is 5.42. The Hall–Kier alpha value is -1.94. The molecule has 4 rings (SSSR count). The van der Waals surface area contributed by atoms with Gasteiger partial charge in [-0.2, -0.15) is 0 Å². The van der Waals surface area contributed by atoms with Crippen LogP contribution in [0, 0.1) is 23.7 Å². The lowest BCUT2D eigenvalue weighted by molar-refractivity contribution is -0.140. The zero-order valence-electron chi connectivity index (χ0n) is 18.8. The van der Waals surface area contributed by atoms with Crippen molar-refractivity contribution in [2.45, 2.75) is 32.9 Å². The van der Waals surface area contributed by atoms with Crippen LogP contribution in [0.3, 0.4) is 0 Å². The maximum absolute atomic E-state index is 12.7. The van der Waals surface area contributed by atoms with E-state index in [2.05, 4.69) is 52.0 Å². The number of allylic oxidation sites excluding steroid dienone is 2. The fourth-order valence-corrected chi connectivity index (χ4v) is 5.01. The number of benzene rings is 1. The lowest BCUT2D eigenvalue weighted by Crippen LogP contribution is -2.39. The Morgan fingerprint density at radius 2 is 1.69 bits per heavy atom. The third-order valence-corrected chi connectivity index (χ3v) is 6.59. The van der Waals surface area contributed by atoms with E-state index in [0.29, 0.717) is 45.2 Å². The molecule has 0 aromatic heterocycles. The molecule has 1 heterocycles. The summed E-state index contributed by atoms with van der Waals surface area (Å²) in [5.74, 6) is 1.09. The van der Waals surface area contributed by atoms with E-state index in [4.69, 9.17) is 4.74 Å². The zero-order chi connectivity index (χ0) is 21.8. The van der Waals surface area contributed by atoms with Crippen molar-refractivity contribution in [1.82, 2.24) is 15.5 Å². The molecule has 7 nitrogen and oxygen atoms in total. The van der Waals surface area contributed by atoms with E-state index in [9.17, 15) is 9.59 Å². The van der Waals surface area contributed by atoms with Crippen LogP contribution < -0.4 is 10.6 Å². The highest BCUT2D eigenvalue weighted by molar-refractivity contribution is 14.0. The molecule has 174 valence electrons. The molecule has 2 fully saturated rings. The Bertz CT molecular complexity index is 841. The smallest absolute Gasteiger partial charge is 0.233 e. The highest BCUT2D eigenvalue weighted by atomic mass is 127. The van der Waals surface area contributed by atoms with Gasteiger partial charge >= 0.3 is 0 Å². The molecule has 8 heteroatoms. The normalized spacial score (nSPS) is 25.8. The molecule has 2 amide bonds. The van der Waals surface area contributed by atoms with E-state index >= 15 is 0 Å². The summed E-state index contributed by atoms with van der Waals surface area (Å²) in [4.78, 5) is 31.2. The number of halogens is 1. The van der Waals surface area contributed by atoms with Gasteiger partial charge in [0.25, 0.3) is 0 Å². The number of fused-ring (bicyclic) bond motifs is 5. The summed E-state index contributed by atoms with van der Waals surface area (Å²) in [5, 5.41) is 6.57. The molecule has 0 spiro atoms. The van der Waals surface area contributed by atoms with E-state index in [-0.39, 0.29) is 59.5 Å². The number of carbonyl (C=O) groups is 2. The summed E-state index contributed by atoms with van der Waals surface area (Å²) in [7, 11) is 1.73. The van der Waals surface area contributed by atoms with Crippen LogP contribution in [0.4, 0.5) is 0 Å². The monoisotopic (exact) mass is 552 g/mol. The number of rotatable bonds is 9. The molecule has 4 atom stereocenters. The molecule has 1 aromatic carbocycles. The Labute approximate surface area is 207 Å². The van der Waals surface area contributed by atoms with Crippen LogP contribution in [0.15, 0.2) is 41.4 Å². The number of guanidine groups is 1. The lowest BCUT2D eigenvalue weighted by Gasteiger charge is -2.18. The first-order valence-electron chi connectivity index (χ1n) is 11.3. The molecular weight excluding hydrogens is 519 g/mol. The van der Waals surface area contributed by atoms with Crippen LogP contribution >= 0.6 is 24.0 Å². The SMILES string of the molecule is CCOCc1ccc(CNC(=NC)NCCCN2C(=O)C3C4C=CC(C4)C3C2=O)cc1.I. The lowest BCUT2D eigenvalue weighted by atomic mass is 9.85. The number of nitrogens with zero attached hydrogens (tertiary/aromatic N) is 2. The van der Waals surface area contributed by atoms with Crippen molar-refractivity contribution >= 4 is 41.8 Å². The predicted molar refractivity (Wildman–Crippen MR) is 134 cm³/mol. The quantitative estimate of drug-likeness (QED) is 0.123. The summed E-state index contributed by atoms with van der Waals surface area (Å²) in [5.41, 5.74) is 2.32. The largest absolute Gasteiger partial charge is 0.377 e. The van der Waals surface area contributed by atoms with Crippen molar-refractivity contribution in [1.29, 1.82) is 0 Å². The van der Waals surface area contributed by atoms with Gasteiger partial charge in [-0.05, 0) is 42.7 Å². The van der Waals surface area contributed by atoms with Gasteiger partial charge in [-0.25, -0.2) is 0 Å². The number of hydrogen-bond acceptors (Lipinski definition) is 4. The number of ether oxygens (including phenoxy) is 1. The third-order valence-electron chi connectivity index (χ3n) is 6.59. The summed E-state index contributed by atoms with van der Waals surface area (Å²) >= 11 is 0. The molecule has 3 aliphatic rings. The van der Waals surface area contributed by atoms with Crippen LogP contribution in [0.5, 0.6) is 0 Å². The van der Waals surface area contributed by atoms with Crippen molar-refractivity contribution in [3.05, 3.63) is 47.5 Å². The molecule has 0 radical (unpaired) electrons. The maximum Gasteiger partial charge on any atom is 0.233 e. The van der Waals surface area contributed by atoms with Gasteiger partial charge in [0, 0.05) is 33.3 Å². The van der Waals surface area contributed by atoms with Crippen molar-refractivity contribution in [3.63, 3.8) is 0 Å². The van der Waals surface area contributed by atoms with Gasteiger partial charge in [0.1, 0.15) is 0 Å². The average Bonchev–Trinajstić information content (AvgIpc) is 3.47. The number of imide groups is 1. The van der Waals surface area contributed by atoms with Crippen LogP contribution in [0.1, 0.15) is 30.9 Å². The fourth-order valence-electron chi connectivity index (χ4n) is 5.01. The van der Waals surface area contributed by atoms with Crippen molar-refractivity contribution in [3.8, 4) is 0 Å². The van der Waals surface area contributed by atoms with Crippen LogP contribution in [-0.2, 0) is 27.5 Å². The maximum atomic E-state index is 12.7. The minimum absolute atomic E-state index is 0. The fraction of sp³-hybridized carbons (Fsp3) is 0.542. The predicted octanol–water partition coefficient (Wildman–Crippen LogP) is 2.70. The van der Waals surface area contributed by atoms with Crippen molar-refractivity contribution in [2.24, 2.45) is 28.7 Å². The van der Waals surface area contributed by atoms with E-state index in [1.54, 1.807) is 7.05 Å². The van der Waals surface area contributed by atoms with E-state index in [1.165, 1.54) is 4.90 Å². The second-order valence-electron chi connectivity index (χ2n) is 8.49. The minimum Gasteiger partial charge on any atom is -0.377 e. The van der Waals surface area contributed by atoms with Gasteiger partial charge in [0.2, 0.25) is 11.8 Å². The van der Waals surface area contributed by atoms with Crippen molar-refractivity contribution in [2.75, 3.05) is 26.7 Å². The summed E-state index contributed by atoms with van der Waals surface area (Å²) in [6.07, 6.45) is 5.93.